The summed E-state index contributed by atoms with van der Waals surface area (Å²) in [6.07, 6.45) is 1.61. The Morgan fingerprint density at radius 1 is 1.33 bits per heavy atom. The fourth-order valence-corrected chi connectivity index (χ4v) is 1.53. The lowest BCUT2D eigenvalue weighted by Gasteiger charge is -2.16. The minimum atomic E-state index is -0.260. The highest BCUT2D eigenvalue weighted by atomic mass is 16.3. The summed E-state index contributed by atoms with van der Waals surface area (Å²) in [6.45, 7) is 0. The third kappa shape index (κ3) is 2.24. The van der Waals surface area contributed by atoms with Crippen molar-refractivity contribution >= 4 is 17.4 Å². The van der Waals surface area contributed by atoms with Crippen molar-refractivity contribution in [3.8, 4) is 5.75 Å². The Hall–Kier alpha value is -2.56. The van der Waals surface area contributed by atoms with E-state index >= 15 is 0 Å². The molecule has 0 aliphatic rings. The van der Waals surface area contributed by atoms with E-state index in [2.05, 4.69) is 4.98 Å². The Bertz CT molecular complexity index is 570. The normalized spacial score (nSPS) is 10.1. The third-order valence-electron chi connectivity index (χ3n) is 2.57. The first-order valence-electron chi connectivity index (χ1n) is 5.37. The van der Waals surface area contributed by atoms with Crippen molar-refractivity contribution in [3.63, 3.8) is 0 Å². The third-order valence-corrected chi connectivity index (χ3v) is 2.57. The zero-order valence-corrected chi connectivity index (χ0v) is 9.87. The molecule has 1 heterocycles. The van der Waals surface area contributed by atoms with Crippen LogP contribution in [0.4, 0.5) is 11.5 Å². The van der Waals surface area contributed by atoms with Gasteiger partial charge >= 0.3 is 0 Å². The summed E-state index contributed by atoms with van der Waals surface area (Å²) in [6, 6.07) is 9.71. The van der Waals surface area contributed by atoms with Gasteiger partial charge in [-0.1, -0.05) is 6.07 Å². The van der Waals surface area contributed by atoms with E-state index < -0.39 is 0 Å². The first-order valence-corrected chi connectivity index (χ1v) is 5.37. The van der Waals surface area contributed by atoms with Gasteiger partial charge in [0.1, 0.15) is 11.6 Å². The number of hydrogen-bond donors (Lipinski definition) is 2. The smallest absolute Gasteiger partial charge is 0.259 e. The molecule has 1 aromatic heterocycles. The molecule has 0 saturated carbocycles. The van der Waals surface area contributed by atoms with Crippen molar-refractivity contribution in [1.82, 2.24) is 4.98 Å². The zero-order valence-electron chi connectivity index (χ0n) is 9.87. The number of nitrogen functional groups attached to an aromatic ring is 1. The summed E-state index contributed by atoms with van der Waals surface area (Å²) >= 11 is 0. The number of benzene rings is 1. The van der Waals surface area contributed by atoms with Gasteiger partial charge < -0.3 is 10.8 Å². The molecular weight excluding hydrogens is 230 g/mol. The number of phenolic OH excluding ortho intramolecular Hbond substituents is 1. The highest BCUT2D eigenvalue weighted by molar-refractivity contribution is 6.05. The van der Waals surface area contributed by atoms with E-state index in [-0.39, 0.29) is 17.3 Å². The van der Waals surface area contributed by atoms with Crippen LogP contribution in [0.15, 0.2) is 42.6 Å². The van der Waals surface area contributed by atoms with Crippen LogP contribution in [-0.4, -0.2) is 23.0 Å². The standard InChI is InChI=1S/C13H13N3O2/c1-16(12-4-2-3-7-15-12)13(18)9-5-6-10(14)11(17)8-9/h2-8,17H,14H2,1H3. The van der Waals surface area contributed by atoms with Gasteiger partial charge in [-0.3, -0.25) is 9.69 Å². The van der Waals surface area contributed by atoms with E-state index in [0.29, 0.717) is 11.4 Å². The molecule has 0 spiro atoms. The molecule has 0 unspecified atom stereocenters. The summed E-state index contributed by atoms with van der Waals surface area (Å²) in [7, 11) is 1.62. The van der Waals surface area contributed by atoms with Crippen LogP contribution in [0, 0.1) is 0 Å². The molecule has 0 radical (unpaired) electrons. The number of anilines is 2. The number of phenols is 1. The number of nitrogens with two attached hydrogens (primary N) is 1. The fourth-order valence-electron chi connectivity index (χ4n) is 1.53. The molecule has 0 aliphatic carbocycles. The number of nitrogens with zero attached hydrogens (tertiary/aromatic N) is 2. The largest absolute Gasteiger partial charge is 0.506 e. The molecule has 3 N–H and O–H groups in total. The minimum Gasteiger partial charge on any atom is -0.506 e. The van der Waals surface area contributed by atoms with Crippen molar-refractivity contribution in [2.75, 3.05) is 17.7 Å². The van der Waals surface area contributed by atoms with Gasteiger partial charge in [0.2, 0.25) is 0 Å². The van der Waals surface area contributed by atoms with E-state index in [4.69, 9.17) is 5.73 Å². The predicted molar refractivity (Wildman–Crippen MR) is 69.5 cm³/mol. The highest BCUT2D eigenvalue weighted by Gasteiger charge is 2.15. The molecule has 1 amide bonds. The zero-order chi connectivity index (χ0) is 13.1. The molecule has 92 valence electrons. The number of hydrogen-bond acceptors (Lipinski definition) is 4. The van der Waals surface area contributed by atoms with E-state index in [9.17, 15) is 9.90 Å². The van der Waals surface area contributed by atoms with Crippen LogP contribution in [0.5, 0.6) is 5.75 Å². The molecule has 0 atom stereocenters. The average molecular weight is 243 g/mol. The predicted octanol–water partition coefficient (Wildman–Crippen LogP) is 1.65. The van der Waals surface area contributed by atoms with Crippen LogP contribution in [0.25, 0.3) is 0 Å². The first-order chi connectivity index (χ1) is 8.59. The number of amides is 1. The van der Waals surface area contributed by atoms with Gasteiger partial charge in [-0.2, -0.15) is 0 Å². The van der Waals surface area contributed by atoms with Gasteiger partial charge in [-0.25, -0.2) is 4.98 Å². The number of aromatic nitrogens is 1. The number of carbonyl (C=O) groups is 1. The van der Waals surface area contributed by atoms with Crippen molar-refractivity contribution < 1.29 is 9.90 Å². The van der Waals surface area contributed by atoms with E-state index in [0.717, 1.165) is 0 Å². The second-order valence-electron chi connectivity index (χ2n) is 3.83. The van der Waals surface area contributed by atoms with Crippen LogP contribution < -0.4 is 10.6 Å². The maximum absolute atomic E-state index is 12.1. The van der Waals surface area contributed by atoms with Crippen LogP contribution >= 0.6 is 0 Å². The lowest BCUT2D eigenvalue weighted by Crippen LogP contribution is -2.26. The Kier molecular flexibility index (Phi) is 3.14. The molecule has 1 aromatic carbocycles. The molecule has 0 saturated heterocycles. The van der Waals surface area contributed by atoms with Gasteiger partial charge in [0.05, 0.1) is 5.69 Å². The van der Waals surface area contributed by atoms with Crippen molar-refractivity contribution in [2.24, 2.45) is 0 Å². The summed E-state index contributed by atoms with van der Waals surface area (Å²) in [5, 5.41) is 9.49. The van der Waals surface area contributed by atoms with Crippen LogP contribution in [0.1, 0.15) is 10.4 Å². The SMILES string of the molecule is CN(C(=O)c1ccc(N)c(O)c1)c1ccccn1. The number of pyridine rings is 1. The first kappa shape index (κ1) is 11.9. The lowest BCUT2D eigenvalue weighted by atomic mass is 10.1. The molecular formula is C13H13N3O2. The molecule has 0 aliphatic heterocycles. The summed E-state index contributed by atoms with van der Waals surface area (Å²) in [5.41, 5.74) is 6.09. The van der Waals surface area contributed by atoms with E-state index in [1.54, 1.807) is 37.5 Å². The van der Waals surface area contributed by atoms with Crippen LogP contribution in [0.3, 0.4) is 0 Å². The summed E-state index contributed by atoms with van der Waals surface area (Å²) in [5.74, 6) is 0.179. The Labute approximate surface area is 104 Å². The molecule has 0 bridgehead atoms. The second-order valence-corrected chi connectivity index (χ2v) is 3.83. The molecule has 2 aromatic rings. The Morgan fingerprint density at radius 3 is 2.72 bits per heavy atom. The number of rotatable bonds is 2. The lowest BCUT2D eigenvalue weighted by molar-refractivity contribution is 0.0992. The maximum Gasteiger partial charge on any atom is 0.259 e. The van der Waals surface area contributed by atoms with Gasteiger partial charge in [0, 0.05) is 18.8 Å². The number of carbonyl (C=O) groups excluding carboxylic acids is 1. The average Bonchev–Trinajstić information content (AvgIpc) is 2.41. The van der Waals surface area contributed by atoms with E-state index in [1.807, 2.05) is 0 Å². The van der Waals surface area contributed by atoms with E-state index in [1.165, 1.54) is 17.0 Å². The monoisotopic (exact) mass is 243 g/mol. The molecule has 5 nitrogen and oxygen atoms in total. The molecule has 0 fully saturated rings. The topological polar surface area (TPSA) is 79.5 Å². The van der Waals surface area contributed by atoms with Gasteiger partial charge in [0.25, 0.3) is 5.91 Å². The summed E-state index contributed by atoms with van der Waals surface area (Å²) < 4.78 is 0. The Morgan fingerprint density at radius 2 is 2.11 bits per heavy atom. The maximum atomic E-state index is 12.1. The Balaban J connectivity index is 2.29. The molecule has 5 heteroatoms. The van der Waals surface area contributed by atoms with Gasteiger partial charge in [-0.15, -0.1) is 0 Å². The van der Waals surface area contributed by atoms with Gasteiger partial charge in [0.15, 0.2) is 0 Å². The van der Waals surface area contributed by atoms with Crippen LogP contribution in [0.2, 0.25) is 0 Å². The van der Waals surface area contributed by atoms with Gasteiger partial charge in [-0.05, 0) is 30.3 Å². The minimum absolute atomic E-state index is 0.102. The molecule has 18 heavy (non-hydrogen) atoms. The van der Waals surface area contributed by atoms with Crippen molar-refractivity contribution in [2.45, 2.75) is 0 Å². The quantitative estimate of drug-likeness (QED) is 0.620. The van der Waals surface area contributed by atoms with Crippen molar-refractivity contribution in [3.05, 3.63) is 48.2 Å². The second kappa shape index (κ2) is 4.75. The molecule has 2 rings (SSSR count). The highest BCUT2D eigenvalue weighted by Crippen LogP contribution is 2.22. The van der Waals surface area contributed by atoms with Crippen LogP contribution in [-0.2, 0) is 0 Å². The fraction of sp³-hybridized carbons (Fsp3) is 0.0769. The summed E-state index contributed by atoms with van der Waals surface area (Å²) in [4.78, 5) is 17.6. The van der Waals surface area contributed by atoms with Crippen molar-refractivity contribution in [1.29, 1.82) is 0 Å². The number of aromatic hydroxyl groups is 1.